The molecule has 0 saturated carbocycles. The van der Waals surface area contributed by atoms with Crippen molar-refractivity contribution in [2.45, 2.75) is 18.2 Å². The second kappa shape index (κ2) is 9.02. The third kappa shape index (κ3) is 5.58. The van der Waals surface area contributed by atoms with E-state index in [1.807, 2.05) is 0 Å². The number of nitrogens with one attached hydrogen (secondary N) is 1. The number of carbonyl (C=O) groups is 1. The number of ether oxygens (including phenoxy) is 3. The molecule has 1 aliphatic heterocycles. The molecule has 0 unspecified atom stereocenters. The molecule has 9 heteroatoms. The number of methoxy groups -OCH3 is 1. The summed E-state index contributed by atoms with van der Waals surface area (Å²) in [5, 5.41) is 0. The first-order valence-electron chi connectivity index (χ1n) is 8.08. The Labute approximate surface area is 148 Å². The Morgan fingerprint density at radius 1 is 1.24 bits per heavy atom. The average Bonchev–Trinajstić information content (AvgIpc) is 2.59. The van der Waals surface area contributed by atoms with Crippen LogP contribution >= 0.6 is 0 Å². The number of nitrogens with zero attached hydrogens (tertiary/aromatic N) is 1. The summed E-state index contributed by atoms with van der Waals surface area (Å²) >= 11 is 0. The van der Waals surface area contributed by atoms with Crippen LogP contribution < -0.4 is 14.2 Å². The van der Waals surface area contributed by atoms with Crippen LogP contribution in [0.4, 0.5) is 0 Å². The third-order valence-corrected chi connectivity index (χ3v) is 5.18. The van der Waals surface area contributed by atoms with Gasteiger partial charge in [0, 0.05) is 46.3 Å². The number of carbonyl (C=O) groups excluding carboxylic acids is 1. The number of hydrogen-bond donors (Lipinski definition) is 1. The minimum atomic E-state index is -3.69. The van der Waals surface area contributed by atoms with Gasteiger partial charge in [-0.25, -0.2) is 13.1 Å². The van der Waals surface area contributed by atoms with Crippen molar-refractivity contribution in [3.05, 3.63) is 18.2 Å². The van der Waals surface area contributed by atoms with Gasteiger partial charge in [-0.05, 0) is 18.6 Å². The van der Waals surface area contributed by atoms with Crippen molar-refractivity contribution in [3.8, 4) is 11.5 Å². The van der Waals surface area contributed by atoms with Crippen LogP contribution in [0.2, 0.25) is 0 Å². The van der Waals surface area contributed by atoms with Crippen molar-refractivity contribution < 1.29 is 27.4 Å². The van der Waals surface area contributed by atoms with Gasteiger partial charge in [-0.15, -0.1) is 0 Å². The summed E-state index contributed by atoms with van der Waals surface area (Å²) in [4.78, 5) is 13.3. The van der Waals surface area contributed by atoms with Gasteiger partial charge in [-0.1, -0.05) is 0 Å². The molecule has 0 spiro atoms. The zero-order valence-corrected chi connectivity index (χ0v) is 15.3. The summed E-state index contributed by atoms with van der Waals surface area (Å²) in [5.74, 6) is 0.847. The number of amides is 1. The molecule has 0 saturated heterocycles. The van der Waals surface area contributed by atoms with E-state index in [4.69, 9.17) is 14.2 Å². The predicted molar refractivity (Wildman–Crippen MR) is 91.4 cm³/mol. The van der Waals surface area contributed by atoms with E-state index in [2.05, 4.69) is 4.72 Å². The van der Waals surface area contributed by atoms with Gasteiger partial charge in [0.15, 0.2) is 11.5 Å². The number of rotatable bonds is 9. The monoisotopic (exact) mass is 372 g/mol. The van der Waals surface area contributed by atoms with E-state index >= 15 is 0 Å². The first-order chi connectivity index (χ1) is 11.9. The molecular weight excluding hydrogens is 348 g/mol. The van der Waals surface area contributed by atoms with E-state index in [-0.39, 0.29) is 17.3 Å². The Morgan fingerprint density at radius 2 is 1.96 bits per heavy atom. The van der Waals surface area contributed by atoms with Crippen molar-refractivity contribution in [2.24, 2.45) is 0 Å². The van der Waals surface area contributed by atoms with Gasteiger partial charge in [0.25, 0.3) is 0 Å². The molecule has 0 aromatic heterocycles. The Hall–Kier alpha value is -1.84. The van der Waals surface area contributed by atoms with Crippen LogP contribution in [-0.2, 0) is 19.6 Å². The lowest BCUT2D eigenvalue weighted by Crippen LogP contribution is -2.38. The number of fused-ring (bicyclic) bond motifs is 1. The van der Waals surface area contributed by atoms with Gasteiger partial charge in [0.05, 0.1) is 4.90 Å². The highest BCUT2D eigenvalue weighted by Gasteiger charge is 2.19. The second-order valence-electron chi connectivity index (χ2n) is 5.56. The molecule has 1 aliphatic rings. The van der Waals surface area contributed by atoms with E-state index in [0.29, 0.717) is 50.8 Å². The topological polar surface area (TPSA) is 94.2 Å². The van der Waals surface area contributed by atoms with Crippen molar-refractivity contribution in [1.29, 1.82) is 0 Å². The van der Waals surface area contributed by atoms with E-state index in [1.54, 1.807) is 18.1 Å². The molecule has 0 atom stereocenters. The zero-order chi connectivity index (χ0) is 18.3. The molecule has 1 heterocycles. The Kier molecular flexibility index (Phi) is 7.03. The Morgan fingerprint density at radius 3 is 2.64 bits per heavy atom. The molecule has 1 amide bonds. The lowest BCUT2D eigenvalue weighted by Gasteiger charge is -2.21. The Balaban J connectivity index is 1.93. The summed E-state index contributed by atoms with van der Waals surface area (Å²) in [7, 11) is -2.09. The molecule has 140 valence electrons. The SMILES string of the molecule is COCCCN(CCNS(=O)(=O)c1ccc2c(c1)OCCO2)C(C)=O. The highest BCUT2D eigenvalue weighted by molar-refractivity contribution is 7.89. The van der Waals surface area contributed by atoms with Crippen molar-refractivity contribution in [2.75, 3.05) is 46.6 Å². The minimum Gasteiger partial charge on any atom is -0.486 e. The normalized spacial score (nSPS) is 13.5. The fourth-order valence-electron chi connectivity index (χ4n) is 2.42. The van der Waals surface area contributed by atoms with Crippen molar-refractivity contribution >= 4 is 15.9 Å². The summed E-state index contributed by atoms with van der Waals surface area (Å²) in [6, 6.07) is 4.49. The molecule has 1 N–H and O–H groups in total. The Bertz CT molecular complexity index is 692. The molecular formula is C16H24N2O6S. The predicted octanol–water partition coefficient (Wildman–Crippen LogP) is 0.621. The average molecular weight is 372 g/mol. The maximum absolute atomic E-state index is 12.4. The molecule has 0 bridgehead atoms. The fourth-order valence-corrected chi connectivity index (χ4v) is 3.45. The van der Waals surface area contributed by atoms with E-state index in [1.165, 1.54) is 19.1 Å². The number of hydrogen-bond acceptors (Lipinski definition) is 6. The van der Waals surface area contributed by atoms with Crippen molar-refractivity contribution in [3.63, 3.8) is 0 Å². The standard InChI is InChI=1S/C16H24N2O6S/c1-13(19)18(7-3-9-22-2)8-6-17-25(20,21)14-4-5-15-16(12-14)24-11-10-23-15/h4-5,12,17H,3,6-11H2,1-2H3. The van der Waals surface area contributed by atoms with Crippen LogP contribution in [0.25, 0.3) is 0 Å². The van der Waals surface area contributed by atoms with Crippen LogP contribution in [0, 0.1) is 0 Å². The van der Waals surface area contributed by atoms with E-state index < -0.39 is 10.0 Å². The quantitative estimate of drug-likeness (QED) is 0.639. The molecule has 0 radical (unpaired) electrons. The minimum absolute atomic E-state index is 0.102. The van der Waals surface area contributed by atoms with Crippen LogP contribution in [0.1, 0.15) is 13.3 Å². The van der Waals surface area contributed by atoms with E-state index in [0.717, 1.165) is 0 Å². The molecule has 2 rings (SSSR count). The lowest BCUT2D eigenvalue weighted by molar-refractivity contribution is -0.128. The molecule has 8 nitrogen and oxygen atoms in total. The number of benzene rings is 1. The van der Waals surface area contributed by atoms with Gasteiger partial charge in [-0.2, -0.15) is 0 Å². The third-order valence-electron chi connectivity index (χ3n) is 3.72. The van der Waals surface area contributed by atoms with Crippen LogP contribution in [0.3, 0.4) is 0 Å². The fraction of sp³-hybridized carbons (Fsp3) is 0.562. The molecule has 1 aromatic rings. The highest BCUT2D eigenvalue weighted by Crippen LogP contribution is 2.32. The van der Waals surface area contributed by atoms with Gasteiger partial charge >= 0.3 is 0 Å². The number of sulfonamides is 1. The van der Waals surface area contributed by atoms with Gasteiger partial charge < -0.3 is 19.1 Å². The maximum Gasteiger partial charge on any atom is 0.240 e. The van der Waals surface area contributed by atoms with Crippen LogP contribution in [-0.4, -0.2) is 65.8 Å². The first-order valence-corrected chi connectivity index (χ1v) is 9.56. The molecule has 0 aliphatic carbocycles. The van der Waals surface area contributed by atoms with Crippen LogP contribution in [0.15, 0.2) is 23.1 Å². The van der Waals surface area contributed by atoms with Gasteiger partial charge in [-0.3, -0.25) is 4.79 Å². The molecule has 1 aromatic carbocycles. The molecule has 25 heavy (non-hydrogen) atoms. The van der Waals surface area contributed by atoms with E-state index in [9.17, 15) is 13.2 Å². The highest BCUT2D eigenvalue weighted by atomic mass is 32.2. The second-order valence-corrected chi connectivity index (χ2v) is 7.32. The lowest BCUT2D eigenvalue weighted by atomic mass is 10.3. The first kappa shape index (κ1) is 19.5. The summed E-state index contributed by atoms with van der Waals surface area (Å²) in [6.45, 7) is 3.79. The van der Waals surface area contributed by atoms with Gasteiger partial charge in [0.1, 0.15) is 13.2 Å². The smallest absolute Gasteiger partial charge is 0.240 e. The summed E-state index contributed by atoms with van der Waals surface area (Å²) in [5.41, 5.74) is 0. The van der Waals surface area contributed by atoms with Crippen LogP contribution in [0.5, 0.6) is 11.5 Å². The summed E-state index contributed by atoms with van der Waals surface area (Å²) in [6.07, 6.45) is 0.699. The van der Waals surface area contributed by atoms with Crippen molar-refractivity contribution in [1.82, 2.24) is 9.62 Å². The van der Waals surface area contributed by atoms with Gasteiger partial charge in [0.2, 0.25) is 15.9 Å². The summed E-state index contributed by atoms with van der Waals surface area (Å²) < 4.78 is 43.1. The molecule has 0 fully saturated rings. The maximum atomic E-state index is 12.4. The zero-order valence-electron chi connectivity index (χ0n) is 14.5. The largest absolute Gasteiger partial charge is 0.486 e.